The Balaban J connectivity index is 3.13. The summed E-state index contributed by atoms with van der Waals surface area (Å²) in [5, 5.41) is 4.83. The normalized spacial score (nSPS) is 12.2. The van der Waals surface area contributed by atoms with E-state index in [4.69, 9.17) is 0 Å². The van der Waals surface area contributed by atoms with Gasteiger partial charge in [0.1, 0.15) is 5.79 Å². The van der Waals surface area contributed by atoms with Crippen LogP contribution in [0.5, 0.6) is 0 Å². The molecule has 0 aliphatic carbocycles. The molecule has 1 rings (SSSR count). The lowest BCUT2D eigenvalue weighted by Gasteiger charge is -2.49. The average Bonchev–Trinajstić information content (AvgIpc) is 2.44. The van der Waals surface area contributed by atoms with Crippen molar-refractivity contribution in [3.63, 3.8) is 0 Å². The Morgan fingerprint density at radius 3 is 1.80 bits per heavy atom. The van der Waals surface area contributed by atoms with Gasteiger partial charge in [0.25, 0.3) is 0 Å². The topological polar surface area (TPSA) is 18.5 Å². The highest BCUT2D eigenvalue weighted by molar-refractivity contribution is 6.35. The molecular formula is C16H28N3Si. The Bertz CT molecular complexity index is 388. The van der Waals surface area contributed by atoms with Crippen molar-refractivity contribution in [2.45, 2.75) is 40.4 Å². The number of hydrogen-bond acceptors (Lipinski definition) is 3. The van der Waals surface area contributed by atoms with Crippen molar-refractivity contribution < 1.29 is 0 Å². The fourth-order valence-electron chi connectivity index (χ4n) is 2.88. The molecule has 1 aromatic carbocycles. The number of para-hydroxylation sites is 1. The van der Waals surface area contributed by atoms with E-state index in [1.807, 2.05) is 6.07 Å². The molecule has 0 atom stereocenters. The van der Waals surface area contributed by atoms with E-state index < -0.39 is 0 Å². The highest BCUT2D eigenvalue weighted by Gasteiger charge is 2.35. The molecule has 0 amide bonds. The summed E-state index contributed by atoms with van der Waals surface area (Å²) >= 11 is 0. The van der Waals surface area contributed by atoms with E-state index in [1.165, 1.54) is 0 Å². The Morgan fingerprint density at radius 1 is 0.950 bits per heavy atom. The molecule has 0 fully saturated rings. The van der Waals surface area contributed by atoms with E-state index in [0.29, 0.717) is 0 Å². The summed E-state index contributed by atoms with van der Waals surface area (Å²) in [6.07, 6.45) is 0. The Morgan fingerprint density at radius 2 is 1.40 bits per heavy atom. The Kier molecular flexibility index (Phi) is 6.72. The second-order valence-corrected chi connectivity index (χ2v) is 5.57. The van der Waals surface area contributed by atoms with Crippen LogP contribution in [0.1, 0.15) is 34.6 Å². The highest BCUT2D eigenvalue weighted by Crippen LogP contribution is 2.22. The number of anilines is 1. The summed E-state index contributed by atoms with van der Waals surface area (Å²) in [7, 11) is 3.69. The van der Waals surface area contributed by atoms with Crippen LogP contribution in [0.25, 0.3) is 0 Å². The predicted molar refractivity (Wildman–Crippen MR) is 89.7 cm³/mol. The second kappa shape index (κ2) is 7.81. The smallest absolute Gasteiger partial charge is 0.145 e. The monoisotopic (exact) mass is 290 g/mol. The van der Waals surface area contributed by atoms with Crippen LogP contribution in [0.15, 0.2) is 24.3 Å². The first kappa shape index (κ1) is 17.2. The zero-order chi connectivity index (χ0) is 15.2. The van der Waals surface area contributed by atoms with Crippen LogP contribution in [-0.4, -0.2) is 52.0 Å². The number of hydrogen-bond donors (Lipinski definition) is 1. The quantitative estimate of drug-likeness (QED) is 0.585. The van der Waals surface area contributed by atoms with Crippen LogP contribution in [0.2, 0.25) is 0 Å². The molecule has 0 bridgehead atoms. The van der Waals surface area contributed by atoms with Crippen LogP contribution < -0.4 is 10.5 Å². The predicted octanol–water partition coefficient (Wildman–Crippen LogP) is 2.25. The van der Waals surface area contributed by atoms with Crippen molar-refractivity contribution in [1.82, 2.24) is 9.80 Å². The number of nitrogens with one attached hydrogen (secondary N) is 1. The lowest BCUT2D eigenvalue weighted by atomic mass is 10.2. The summed E-state index contributed by atoms with van der Waals surface area (Å²) in [5.41, 5.74) is 1.13. The number of rotatable bonds is 8. The minimum atomic E-state index is -0.185. The van der Waals surface area contributed by atoms with Crippen molar-refractivity contribution in [3.8, 4) is 0 Å². The summed E-state index contributed by atoms with van der Waals surface area (Å²) in [6, 6.07) is 8.30. The van der Waals surface area contributed by atoms with Gasteiger partial charge in [-0.25, -0.2) is 0 Å². The summed E-state index contributed by atoms with van der Waals surface area (Å²) in [4.78, 5) is 4.91. The second-order valence-electron chi connectivity index (χ2n) is 5.04. The van der Waals surface area contributed by atoms with E-state index in [9.17, 15) is 0 Å². The van der Waals surface area contributed by atoms with E-state index in [1.54, 1.807) is 0 Å². The maximum Gasteiger partial charge on any atom is 0.145 e. The van der Waals surface area contributed by atoms with Gasteiger partial charge in [-0.1, -0.05) is 45.9 Å². The molecule has 0 saturated heterocycles. The van der Waals surface area contributed by atoms with Crippen LogP contribution in [0.4, 0.5) is 5.69 Å². The van der Waals surface area contributed by atoms with Crippen molar-refractivity contribution in [3.05, 3.63) is 24.3 Å². The third-order valence-electron chi connectivity index (χ3n) is 4.06. The van der Waals surface area contributed by atoms with Gasteiger partial charge in [0.05, 0.1) is 10.2 Å². The molecule has 20 heavy (non-hydrogen) atoms. The molecule has 0 heterocycles. The van der Waals surface area contributed by atoms with E-state index in [2.05, 4.69) is 78.2 Å². The molecule has 0 unspecified atom stereocenters. The fourth-order valence-corrected chi connectivity index (χ4v) is 3.13. The van der Waals surface area contributed by atoms with Crippen LogP contribution >= 0.6 is 0 Å². The van der Waals surface area contributed by atoms with Gasteiger partial charge in [0.15, 0.2) is 0 Å². The molecule has 0 aromatic heterocycles. The molecule has 111 valence electrons. The Labute approximate surface area is 127 Å². The molecular weight excluding hydrogens is 262 g/mol. The van der Waals surface area contributed by atoms with Crippen LogP contribution in [0.3, 0.4) is 0 Å². The number of nitrogens with zero attached hydrogens (tertiary/aromatic N) is 2. The summed E-state index contributed by atoms with van der Waals surface area (Å²) < 4.78 is 0. The molecule has 0 saturated carbocycles. The first-order valence-corrected chi connectivity index (χ1v) is 8.12. The van der Waals surface area contributed by atoms with Crippen LogP contribution in [0, 0.1) is 0 Å². The fraction of sp³-hybridized carbons (Fsp3) is 0.625. The third-order valence-corrected chi connectivity index (χ3v) is 4.49. The average molecular weight is 291 g/mol. The van der Waals surface area contributed by atoms with Gasteiger partial charge in [-0.15, -0.1) is 0 Å². The lowest BCUT2D eigenvalue weighted by molar-refractivity contribution is -0.0123. The molecule has 0 aliphatic heterocycles. The molecule has 3 radical (unpaired) electrons. The van der Waals surface area contributed by atoms with Crippen molar-refractivity contribution in [2.24, 2.45) is 0 Å². The highest BCUT2D eigenvalue weighted by atomic mass is 28.1. The van der Waals surface area contributed by atoms with Gasteiger partial charge in [-0.05, 0) is 44.4 Å². The third kappa shape index (κ3) is 3.62. The Hall–Kier alpha value is -0.843. The summed E-state index contributed by atoms with van der Waals surface area (Å²) in [5.74, 6) is -0.185. The van der Waals surface area contributed by atoms with Gasteiger partial charge in [0.2, 0.25) is 0 Å². The van der Waals surface area contributed by atoms with Gasteiger partial charge in [0, 0.05) is 5.69 Å². The molecule has 3 nitrogen and oxygen atoms in total. The van der Waals surface area contributed by atoms with E-state index in [0.717, 1.165) is 37.1 Å². The first-order valence-electron chi connectivity index (χ1n) is 7.62. The minimum absolute atomic E-state index is 0.185. The molecule has 0 spiro atoms. The molecule has 4 heteroatoms. The number of benzene rings is 1. The van der Waals surface area contributed by atoms with Gasteiger partial charge >= 0.3 is 0 Å². The lowest BCUT2D eigenvalue weighted by Crippen LogP contribution is -2.63. The van der Waals surface area contributed by atoms with Crippen molar-refractivity contribution >= 4 is 21.1 Å². The van der Waals surface area contributed by atoms with Crippen LogP contribution in [-0.2, 0) is 0 Å². The van der Waals surface area contributed by atoms with Crippen molar-refractivity contribution in [1.29, 1.82) is 0 Å². The summed E-state index contributed by atoms with van der Waals surface area (Å²) in [6.45, 7) is 15.2. The molecule has 1 N–H and O–H groups in total. The first-order chi connectivity index (χ1) is 9.53. The zero-order valence-electron chi connectivity index (χ0n) is 13.5. The SMILES string of the molecule is CCN(CC)C(C)(Nc1ccccc1[Si])N(CC)CC. The van der Waals surface area contributed by atoms with Gasteiger partial charge < -0.3 is 5.32 Å². The maximum atomic E-state index is 3.73. The molecule has 1 aromatic rings. The van der Waals surface area contributed by atoms with Crippen molar-refractivity contribution in [2.75, 3.05) is 31.5 Å². The van der Waals surface area contributed by atoms with Gasteiger partial charge in [-0.3, -0.25) is 9.80 Å². The van der Waals surface area contributed by atoms with E-state index in [-0.39, 0.29) is 5.79 Å². The minimum Gasteiger partial charge on any atom is -0.355 e. The van der Waals surface area contributed by atoms with Gasteiger partial charge in [-0.2, -0.15) is 0 Å². The maximum absolute atomic E-state index is 3.73. The van der Waals surface area contributed by atoms with E-state index >= 15 is 0 Å². The molecule has 0 aliphatic rings. The zero-order valence-corrected chi connectivity index (χ0v) is 14.5. The largest absolute Gasteiger partial charge is 0.355 e. The standard InChI is InChI=1S/C16H28N3Si/c1-6-18(7-2)16(5,19(8-3)9-4)17-14-12-10-11-13-15(14)20/h10-13,17H,6-9H2,1-5H3.